The molecule has 0 unspecified atom stereocenters. The Morgan fingerprint density at radius 1 is 1.14 bits per heavy atom. The van der Waals surface area contributed by atoms with Crippen LogP contribution in [-0.2, 0) is 4.79 Å². The van der Waals surface area contributed by atoms with Crippen molar-refractivity contribution in [2.24, 2.45) is 0 Å². The minimum Gasteiger partial charge on any atom is -0.495 e. The van der Waals surface area contributed by atoms with Crippen molar-refractivity contribution in [1.29, 1.82) is 0 Å². The fraction of sp³-hybridized carbons (Fsp3) is 0.200. The van der Waals surface area contributed by atoms with Crippen LogP contribution >= 0.6 is 11.8 Å². The second-order valence-corrected chi connectivity index (χ2v) is 6.79. The van der Waals surface area contributed by atoms with E-state index in [1.165, 1.54) is 11.8 Å². The topological polar surface area (TPSA) is 86.1 Å². The van der Waals surface area contributed by atoms with E-state index >= 15 is 0 Å². The Labute approximate surface area is 167 Å². The molecule has 1 aromatic heterocycles. The van der Waals surface area contributed by atoms with Gasteiger partial charge in [-0.1, -0.05) is 30.8 Å². The summed E-state index contributed by atoms with van der Waals surface area (Å²) in [7, 11) is 1.60. The van der Waals surface area contributed by atoms with Crippen LogP contribution in [0.15, 0.2) is 60.0 Å². The Bertz CT molecular complexity index is 970. The Hall–Kier alpha value is -3.13. The molecule has 0 aliphatic rings. The number of methoxy groups -OCH3 is 1. The van der Waals surface area contributed by atoms with Crippen molar-refractivity contribution in [2.45, 2.75) is 18.5 Å². The van der Waals surface area contributed by atoms with Crippen molar-refractivity contribution in [1.82, 2.24) is 14.8 Å². The molecular weight excluding hydrogens is 376 g/mol. The summed E-state index contributed by atoms with van der Waals surface area (Å²) in [5.41, 5.74) is 2.05. The zero-order valence-electron chi connectivity index (χ0n) is 15.6. The van der Waals surface area contributed by atoms with E-state index in [1.807, 2.05) is 24.3 Å². The molecule has 0 bridgehead atoms. The van der Waals surface area contributed by atoms with Gasteiger partial charge < -0.3 is 10.1 Å². The highest BCUT2D eigenvalue weighted by atomic mass is 32.2. The Balaban J connectivity index is 1.67. The van der Waals surface area contributed by atoms with Gasteiger partial charge in [0.1, 0.15) is 12.1 Å². The monoisotopic (exact) mass is 396 g/mol. The molecule has 0 aliphatic heterocycles. The summed E-state index contributed by atoms with van der Waals surface area (Å²) >= 11 is 1.30. The molecule has 1 amide bonds. The first-order valence-electron chi connectivity index (χ1n) is 8.71. The van der Waals surface area contributed by atoms with Crippen LogP contribution in [0, 0.1) is 0 Å². The normalized spacial score (nSPS) is 10.5. The van der Waals surface area contributed by atoms with Gasteiger partial charge in [-0.3, -0.25) is 14.2 Å². The van der Waals surface area contributed by atoms with Crippen molar-refractivity contribution in [3.8, 4) is 11.4 Å². The lowest BCUT2D eigenvalue weighted by Crippen LogP contribution is -2.10. The molecule has 3 aromatic rings. The van der Waals surface area contributed by atoms with Gasteiger partial charge in [-0.15, -0.1) is 10.2 Å². The summed E-state index contributed by atoms with van der Waals surface area (Å²) in [5.74, 6) is 0.813. The third-order valence-corrected chi connectivity index (χ3v) is 4.95. The molecule has 0 fully saturated rings. The first-order chi connectivity index (χ1) is 13.6. The fourth-order valence-corrected chi connectivity index (χ4v) is 3.34. The average Bonchev–Trinajstić information content (AvgIpc) is 3.20. The molecule has 28 heavy (non-hydrogen) atoms. The number of nitrogens with zero attached hydrogens (tertiary/aromatic N) is 3. The molecule has 1 heterocycles. The Morgan fingerprint density at radius 2 is 1.89 bits per heavy atom. The van der Waals surface area contributed by atoms with E-state index in [2.05, 4.69) is 15.5 Å². The van der Waals surface area contributed by atoms with Crippen LogP contribution in [0.3, 0.4) is 0 Å². The number of para-hydroxylation sites is 2. The van der Waals surface area contributed by atoms with Crippen LogP contribution in [0.4, 0.5) is 5.69 Å². The Kier molecular flexibility index (Phi) is 6.44. The number of hydrogen-bond donors (Lipinski definition) is 1. The number of nitrogens with one attached hydrogen (secondary N) is 1. The van der Waals surface area contributed by atoms with Gasteiger partial charge in [-0.25, -0.2) is 0 Å². The van der Waals surface area contributed by atoms with Crippen molar-refractivity contribution < 1.29 is 14.3 Å². The summed E-state index contributed by atoms with van der Waals surface area (Å²) < 4.78 is 7.18. The largest absolute Gasteiger partial charge is 0.495 e. The second kappa shape index (κ2) is 9.18. The summed E-state index contributed by atoms with van der Waals surface area (Å²) in [6.07, 6.45) is 2.00. The van der Waals surface area contributed by atoms with E-state index in [1.54, 1.807) is 49.2 Å². The van der Waals surface area contributed by atoms with E-state index in [-0.39, 0.29) is 17.4 Å². The lowest BCUT2D eigenvalue weighted by molar-refractivity contribution is -0.115. The number of anilines is 1. The van der Waals surface area contributed by atoms with Crippen LogP contribution in [-0.4, -0.2) is 39.3 Å². The van der Waals surface area contributed by atoms with Crippen LogP contribution in [0.25, 0.3) is 5.69 Å². The molecule has 0 saturated heterocycles. The van der Waals surface area contributed by atoms with Crippen molar-refractivity contribution in [3.63, 3.8) is 0 Å². The van der Waals surface area contributed by atoms with Crippen molar-refractivity contribution in [3.05, 3.63) is 60.4 Å². The highest BCUT2D eigenvalue weighted by Gasteiger charge is 2.14. The van der Waals surface area contributed by atoms with Gasteiger partial charge in [0.2, 0.25) is 5.91 Å². The molecule has 0 atom stereocenters. The number of aromatic nitrogens is 3. The number of carbonyl (C=O) groups excluding carboxylic acids is 2. The van der Waals surface area contributed by atoms with Crippen LogP contribution in [0.5, 0.6) is 5.75 Å². The number of carbonyl (C=O) groups is 2. The lowest BCUT2D eigenvalue weighted by atomic mass is 10.1. The first-order valence-corrected chi connectivity index (χ1v) is 9.70. The lowest BCUT2D eigenvalue weighted by Gasteiger charge is -2.10. The molecule has 2 aromatic carbocycles. The highest BCUT2D eigenvalue weighted by Crippen LogP contribution is 2.27. The summed E-state index contributed by atoms with van der Waals surface area (Å²) in [6.45, 7) is 1.79. The van der Waals surface area contributed by atoms with E-state index in [9.17, 15) is 9.59 Å². The summed E-state index contributed by atoms with van der Waals surface area (Å²) in [6, 6.07) is 14.4. The highest BCUT2D eigenvalue weighted by molar-refractivity contribution is 7.99. The third-order valence-electron chi connectivity index (χ3n) is 4.01. The number of Topliss-reactive ketones (excluding diaryl/α,β-unsaturated/α-hetero) is 1. The van der Waals surface area contributed by atoms with E-state index in [4.69, 9.17) is 4.74 Å². The smallest absolute Gasteiger partial charge is 0.224 e. The van der Waals surface area contributed by atoms with Gasteiger partial charge in [0.05, 0.1) is 18.6 Å². The molecule has 0 aliphatic carbocycles. The molecule has 1 N–H and O–H groups in total. The van der Waals surface area contributed by atoms with E-state index in [0.717, 1.165) is 5.69 Å². The van der Waals surface area contributed by atoms with Gasteiger partial charge in [-0.2, -0.15) is 0 Å². The standard InChI is InChI=1S/C20H20N4O3S/c1-3-19(26)22-15-10-8-14(9-11-15)17(25)12-28-20-23-21-13-24(20)16-6-4-5-7-18(16)27-2/h4-11,13H,3,12H2,1-2H3,(H,22,26). The number of rotatable bonds is 8. The number of benzene rings is 2. The third kappa shape index (κ3) is 4.58. The van der Waals surface area contributed by atoms with Crippen molar-refractivity contribution in [2.75, 3.05) is 18.2 Å². The van der Waals surface area contributed by atoms with Gasteiger partial charge in [0.15, 0.2) is 10.9 Å². The predicted octanol–water partition coefficient (Wildman–Crippen LogP) is 3.60. The minimum atomic E-state index is -0.0645. The molecule has 0 spiro atoms. The maximum Gasteiger partial charge on any atom is 0.224 e. The first kappa shape index (κ1) is 19.6. The van der Waals surface area contributed by atoms with Gasteiger partial charge >= 0.3 is 0 Å². The molecule has 0 radical (unpaired) electrons. The second-order valence-electron chi connectivity index (χ2n) is 5.85. The minimum absolute atomic E-state index is 0.0343. The Morgan fingerprint density at radius 3 is 2.61 bits per heavy atom. The average molecular weight is 396 g/mol. The van der Waals surface area contributed by atoms with E-state index < -0.39 is 0 Å². The molecule has 3 rings (SSSR count). The molecule has 0 saturated carbocycles. The number of hydrogen-bond acceptors (Lipinski definition) is 6. The predicted molar refractivity (Wildman–Crippen MR) is 108 cm³/mol. The number of ether oxygens (including phenoxy) is 1. The van der Waals surface area contributed by atoms with Gasteiger partial charge in [0, 0.05) is 17.7 Å². The van der Waals surface area contributed by atoms with E-state index in [0.29, 0.717) is 28.6 Å². The quantitative estimate of drug-likeness (QED) is 0.462. The van der Waals surface area contributed by atoms with Crippen LogP contribution < -0.4 is 10.1 Å². The number of amides is 1. The fourth-order valence-electron chi connectivity index (χ4n) is 2.52. The zero-order chi connectivity index (χ0) is 19.9. The molecule has 8 heteroatoms. The molecule has 144 valence electrons. The van der Waals surface area contributed by atoms with Gasteiger partial charge in [-0.05, 0) is 36.4 Å². The zero-order valence-corrected chi connectivity index (χ0v) is 16.4. The maximum atomic E-state index is 12.5. The van der Waals surface area contributed by atoms with Crippen LogP contribution in [0.2, 0.25) is 0 Å². The SMILES string of the molecule is CCC(=O)Nc1ccc(C(=O)CSc2nncn2-c2ccccc2OC)cc1. The van der Waals surface area contributed by atoms with Crippen molar-refractivity contribution >= 4 is 29.1 Å². The number of thioether (sulfide) groups is 1. The summed E-state index contributed by atoms with van der Waals surface area (Å²) in [5, 5.41) is 11.4. The summed E-state index contributed by atoms with van der Waals surface area (Å²) in [4.78, 5) is 23.9. The van der Waals surface area contributed by atoms with Gasteiger partial charge in [0.25, 0.3) is 0 Å². The molecule has 7 nitrogen and oxygen atoms in total. The number of ketones is 1. The van der Waals surface area contributed by atoms with Crippen LogP contribution in [0.1, 0.15) is 23.7 Å². The maximum absolute atomic E-state index is 12.5. The molecular formula is C20H20N4O3S.